The summed E-state index contributed by atoms with van der Waals surface area (Å²) in [5.41, 5.74) is 11.6. The monoisotopic (exact) mass is 286 g/mol. The van der Waals surface area contributed by atoms with Gasteiger partial charge in [-0.1, -0.05) is 22.9 Å². The van der Waals surface area contributed by atoms with Gasteiger partial charge in [0.25, 0.3) is 0 Å². The van der Waals surface area contributed by atoms with Crippen LogP contribution in [0.2, 0.25) is 0 Å². The van der Waals surface area contributed by atoms with Crippen molar-refractivity contribution >= 4 is 21.8 Å². The molecule has 5 heteroatoms. The van der Waals surface area contributed by atoms with Gasteiger partial charge in [0.05, 0.1) is 12.5 Å². The van der Waals surface area contributed by atoms with Crippen molar-refractivity contribution < 1.29 is 9.53 Å². The summed E-state index contributed by atoms with van der Waals surface area (Å²) in [6.07, 6.45) is 0. The highest BCUT2D eigenvalue weighted by Gasteiger charge is 2.10. The summed E-state index contributed by atoms with van der Waals surface area (Å²) < 4.78 is 6.45. The highest BCUT2D eigenvalue weighted by Crippen LogP contribution is 2.23. The number of ether oxygens (including phenoxy) is 1. The smallest absolute Gasteiger partial charge is 0.223 e. The van der Waals surface area contributed by atoms with Gasteiger partial charge in [-0.3, -0.25) is 4.79 Å². The number of hydrogen-bond acceptors (Lipinski definition) is 3. The van der Waals surface area contributed by atoms with Crippen molar-refractivity contribution in [2.45, 2.75) is 13.5 Å². The predicted molar refractivity (Wildman–Crippen MR) is 65.9 cm³/mol. The zero-order valence-corrected chi connectivity index (χ0v) is 10.7. The minimum absolute atomic E-state index is 0.268. The third-order valence-electron chi connectivity index (χ3n) is 2.22. The lowest BCUT2D eigenvalue weighted by molar-refractivity contribution is -0.122. The van der Waals surface area contributed by atoms with E-state index in [1.807, 2.05) is 18.2 Å². The van der Waals surface area contributed by atoms with Gasteiger partial charge in [-0.25, -0.2) is 0 Å². The van der Waals surface area contributed by atoms with E-state index < -0.39 is 0 Å². The van der Waals surface area contributed by atoms with E-state index >= 15 is 0 Å². The third kappa shape index (κ3) is 3.50. The first-order valence-electron chi connectivity index (χ1n) is 4.95. The second kappa shape index (κ2) is 5.86. The van der Waals surface area contributed by atoms with Crippen molar-refractivity contribution in [3.63, 3.8) is 0 Å². The molecule has 1 amide bonds. The first kappa shape index (κ1) is 13.0. The number of carbonyl (C=O) groups excluding carboxylic acids is 1. The van der Waals surface area contributed by atoms with E-state index in [-0.39, 0.29) is 18.4 Å². The number of amides is 1. The maximum atomic E-state index is 10.8. The lowest BCUT2D eigenvalue weighted by Crippen LogP contribution is -2.26. The van der Waals surface area contributed by atoms with E-state index in [0.29, 0.717) is 12.3 Å². The zero-order valence-electron chi connectivity index (χ0n) is 9.07. The Morgan fingerprint density at radius 1 is 1.56 bits per heavy atom. The molecule has 1 atom stereocenters. The molecule has 0 aliphatic rings. The molecular formula is C11H15BrN2O2. The fourth-order valence-corrected chi connectivity index (χ4v) is 1.55. The Morgan fingerprint density at radius 3 is 2.81 bits per heavy atom. The van der Waals surface area contributed by atoms with Crippen LogP contribution in [0.5, 0.6) is 5.75 Å². The molecule has 0 aliphatic carbocycles. The van der Waals surface area contributed by atoms with Crippen LogP contribution < -0.4 is 16.2 Å². The van der Waals surface area contributed by atoms with Crippen LogP contribution in [0.4, 0.5) is 0 Å². The number of rotatable bonds is 5. The van der Waals surface area contributed by atoms with Crippen LogP contribution in [0.15, 0.2) is 22.7 Å². The van der Waals surface area contributed by atoms with Crippen LogP contribution in [0, 0.1) is 5.92 Å². The van der Waals surface area contributed by atoms with Gasteiger partial charge in [0.1, 0.15) is 5.75 Å². The van der Waals surface area contributed by atoms with Gasteiger partial charge >= 0.3 is 0 Å². The minimum Gasteiger partial charge on any atom is -0.492 e. The molecule has 0 saturated heterocycles. The molecule has 1 unspecified atom stereocenters. The average Bonchev–Trinajstić information content (AvgIpc) is 2.26. The van der Waals surface area contributed by atoms with Gasteiger partial charge in [-0.05, 0) is 18.2 Å². The zero-order chi connectivity index (χ0) is 12.1. The normalized spacial score (nSPS) is 12.2. The van der Waals surface area contributed by atoms with Crippen LogP contribution in [-0.4, -0.2) is 12.5 Å². The van der Waals surface area contributed by atoms with Crippen molar-refractivity contribution in [1.29, 1.82) is 0 Å². The summed E-state index contributed by atoms with van der Waals surface area (Å²) in [5.74, 6) is 0.0134. The highest BCUT2D eigenvalue weighted by atomic mass is 79.9. The topological polar surface area (TPSA) is 78.3 Å². The first-order chi connectivity index (χ1) is 7.54. The molecule has 0 saturated carbocycles. The molecule has 1 aromatic rings. The van der Waals surface area contributed by atoms with E-state index in [2.05, 4.69) is 15.9 Å². The fraction of sp³-hybridized carbons (Fsp3) is 0.364. The number of nitrogens with two attached hydrogens (primary N) is 2. The standard InChI is InChI=1S/C11H15BrN2O2/c1-7(11(14)15)6-16-10-3-2-9(12)4-8(10)5-13/h2-4,7H,5-6,13H2,1H3,(H2,14,15). The van der Waals surface area contributed by atoms with Crippen molar-refractivity contribution in [2.75, 3.05) is 6.61 Å². The van der Waals surface area contributed by atoms with Crippen molar-refractivity contribution in [1.82, 2.24) is 0 Å². The molecule has 0 aliphatic heterocycles. The maximum absolute atomic E-state index is 10.8. The van der Waals surface area contributed by atoms with Gasteiger partial charge in [0, 0.05) is 16.6 Å². The largest absolute Gasteiger partial charge is 0.492 e. The maximum Gasteiger partial charge on any atom is 0.223 e. The Balaban J connectivity index is 2.70. The van der Waals surface area contributed by atoms with Crippen LogP contribution in [0.3, 0.4) is 0 Å². The Morgan fingerprint density at radius 2 is 2.25 bits per heavy atom. The minimum atomic E-state index is -0.369. The predicted octanol–water partition coefficient (Wildman–Crippen LogP) is 1.41. The quantitative estimate of drug-likeness (QED) is 0.859. The average molecular weight is 287 g/mol. The molecule has 4 N–H and O–H groups in total. The van der Waals surface area contributed by atoms with Crippen LogP contribution in [0.25, 0.3) is 0 Å². The van der Waals surface area contributed by atoms with E-state index in [1.54, 1.807) is 6.92 Å². The lowest BCUT2D eigenvalue weighted by Gasteiger charge is -2.13. The first-order valence-corrected chi connectivity index (χ1v) is 5.74. The number of benzene rings is 1. The van der Waals surface area contributed by atoms with Crippen molar-refractivity contribution in [3.05, 3.63) is 28.2 Å². The van der Waals surface area contributed by atoms with E-state index in [4.69, 9.17) is 16.2 Å². The fourth-order valence-electron chi connectivity index (χ4n) is 1.15. The van der Waals surface area contributed by atoms with Crippen LogP contribution in [0.1, 0.15) is 12.5 Å². The molecule has 0 heterocycles. The number of carbonyl (C=O) groups is 1. The lowest BCUT2D eigenvalue weighted by atomic mass is 10.2. The second-order valence-electron chi connectivity index (χ2n) is 3.57. The molecular weight excluding hydrogens is 272 g/mol. The molecule has 0 fully saturated rings. The van der Waals surface area contributed by atoms with Crippen molar-refractivity contribution in [3.8, 4) is 5.75 Å². The Hall–Kier alpha value is -1.07. The van der Waals surface area contributed by atoms with Gasteiger partial charge in [-0.15, -0.1) is 0 Å². The van der Waals surface area contributed by atoms with Gasteiger partial charge in [-0.2, -0.15) is 0 Å². The van der Waals surface area contributed by atoms with Crippen LogP contribution in [-0.2, 0) is 11.3 Å². The van der Waals surface area contributed by atoms with Crippen molar-refractivity contribution in [2.24, 2.45) is 17.4 Å². The summed E-state index contributed by atoms with van der Waals surface area (Å²) in [6.45, 7) is 2.38. The van der Waals surface area contributed by atoms with E-state index in [9.17, 15) is 4.79 Å². The molecule has 0 spiro atoms. The molecule has 1 rings (SSSR count). The summed E-state index contributed by atoms with van der Waals surface area (Å²) in [4.78, 5) is 10.8. The Kier molecular flexibility index (Phi) is 4.76. The van der Waals surface area contributed by atoms with E-state index in [0.717, 1.165) is 10.0 Å². The number of halogens is 1. The van der Waals surface area contributed by atoms with Crippen LogP contribution >= 0.6 is 15.9 Å². The van der Waals surface area contributed by atoms with Gasteiger partial charge < -0.3 is 16.2 Å². The molecule has 88 valence electrons. The third-order valence-corrected chi connectivity index (χ3v) is 2.71. The Labute approximate surface area is 103 Å². The molecule has 16 heavy (non-hydrogen) atoms. The molecule has 4 nitrogen and oxygen atoms in total. The summed E-state index contributed by atoms with van der Waals surface area (Å²) in [6, 6.07) is 5.58. The number of primary amides is 1. The second-order valence-corrected chi connectivity index (χ2v) is 4.49. The van der Waals surface area contributed by atoms with E-state index in [1.165, 1.54) is 0 Å². The van der Waals surface area contributed by atoms with Gasteiger partial charge in [0.15, 0.2) is 0 Å². The SMILES string of the molecule is CC(COc1ccc(Br)cc1CN)C(N)=O. The summed E-state index contributed by atoms with van der Waals surface area (Å²) in [5, 5.41) is 0. The molecule has 0 aromatic heterocycles. The summed E-state index contributed by atoms with van der Waals surface area (Å²) in [7, 11) is 0. The number of hydrogen-bond donors (Lipinski definition) is 2. The molecule has 0 radical (unpaired) electrons. The highest BCUT2D eigenvalue weighted by molar-refractivity contribution is 9.10. The Bertz CT molecular complexity index is 382. The summed E-state index contributed by atoms with van der Waals surface area (Å²) >= 11 is 3.36. The van der Waals surface area contributed by atoms with Gasteiger partial charge in [0.2, 0.25) is 5.91 Å². The molecule has 1 aromatic carbocycles. The molecule has 0 bridgehead atoms.